The van der Waals surface area contributed by atoms with Crippen molar-refractivity contribution in [2.75, 3.05) is 13.7 Å². The molecule has 0 atom stereocenters. The number of aromatic nitrogens is 4. The Morgan fingerprint density at radius 2 is 1.82 bits per heavy atom. The van der Waals surface area contributed by atoms with Gasteiger partial charge in [0.2, 0.25) is 5.89 Å². The maximum Gasteiger partial charge on any atom is 0.332 e. The lowest BCUT2D eigenvalue weighted by molar-refractivity contribution is 0.311. The Bertz CT molecular complexity index is 1480. The van der Waals surface area contributed by atoms with E-state index in [1.807, 2.05) is 32.9 Å². The van der Waals surface area contributed by atoms with Crippen LogP contribution in [0.1, 0.15) is 29.6 Å². The fourth-order valence-corrected chi connectivity index (χ4v) is 3.88. The van der Waals surface area contributed by atoms with Crippen molar-refractivity contribution in [3.05, 3.63) is 67.8 Å². The van der Waals surface area contributed by atoms with Gasteiger partial charge in [0.15, 0.2) is 11.5 Å². The van der Waals surface area contributed by atoms with Crippen molar-refractivity contribution < 1.29 is 13.9 Å². The highest BCUT2D eigenvalue weighted by Gasteiger charge is 2.19. The maximum absolute atomic E-state index is 13.2. The van der Waals surface area contributed by atoms with Crippen LogP contribution in [-0.4, -0.2) is 32.8 Å². The van der Waals surface area contributed by atoms with E-state index in [-0.39, 0.29) is 6.54 Å². The summed E-state index contributed by atoms with van der Waals surface area (Å²) < 4.78 is 19.4. The van der Waals surface area contributed by atoms with Gasteiger partial charge in [0, 0.05) is 18.3 Å². The van der Waals surface area contributed by atoms with Crippen LogP contribution >= 0.6 is 0 Å². The van der Waals surface area contributed by atoms with Gasteiger partial charge in [0.1, 0.15) is 17.1 Å². The topological polar surface area (TPSA) is 101 Å². The number of nitrogens with zero attached hydrogens (tertiary/aromatic N) is 4. The van der Waals surface area contributed by atoms with Crippen molar-refractivity contribution in [3.63, 3.8) is 0 Å². The maximum atomic E-state index is 13.2. The number of pyridine rings is 1. The molecule has 3 aromatic heterocycles. The first-order valence-corrected chi connectivity index (χ1v) is 10.6. The van der Waals surface area contributed by atoms with Crippen LogP contribution in [0.25, 0.3) is 22.5 Å². The molecule has 0 spiro atoms. The van der Waals surface area contributed by atoms with Crippen LogP contribution in [0.5, 0.6) is 11.5 Å². The Labute approximate surface area is 190 Å². The Balaban J connectivity index is 1.78. The zero-order chi connectivity index (χ0) is 23.9. The summed E-state index contributed by atoms with van der Waals surface area (Å²) in [6, 6.07) is 7.22. The monoisotopic (exact) mass is 450 g/mol. The first-order valence-electron chi connectivity index (χ1n) is 10.6. The van der Waals surface area contributed by atoms with Crippen LogP contribution in [0.15, 0.2) is 38.3 Å². The van der Waals surface area contributed by atoms with E-state index in [0.717, 1.165) is 11.3 Å². The van der Waals surface area contributed by atoms with E-state index in [0.29, 0.717) is 52.0 Å². The Morgan fingerprint density at radius 1 is 1.06 bits per heavy atom. The zero-order valence-corrected chi connectivity index (χ0v) is 19.6. The van der Waals surface area contributed by atoms with Crippen LogP contribution in [0.3, 0.4) is 0 Å². The predicted molar refractivity (Wildman–Crippen MR) is 124 cm³/mol. The van der Waals surface area contributed by atoms with Gasteiger partial charge in [0.25, 0.3) is 5.56 Å². The summed E-state index contributed by atoms with van der Waals surface area (Å²) >= 11 is 0. The average Bonchev–Trinajstić information content (AvgIpc) is 3.15. The van der Waals surface area contributed by atoms with Gasteiger partial charge < -0.3 is 13.9 Å². The second-order valence-corrected chi connectivity index (χ2v) is 7.83. The van der Waals surface area contributed by atoms with Crippen LogP contribution in [0.4, 0.5) is 0 Å². The summed E-state index contributed by atoms with van der Waals surface area (Å²) in [5.74, 6) is 2.07. The number of ether oxygens (including phenoxy) is 2. The molecule has 4 aromatic rings. The third kappa shape index (κ3) is 3.90. The lowest BCUT2D eigenvalue weighted by atomic mass is 10.1. The molecule has 0 N–H and O–H groups in total. The van der Waals surface area contributed by atoms with Gasteiger partial charge in [-0.25, -0.2) is 14.8 Å². The standard InChI is InChI=1S/C24H26N4O5/c1-7-32-18-9-8-16(11-19(18)31-6)22-26-17(15(4)33-22)12-28-23(29)20-13(2)10-14(3)25-21(20)27(5)24(28)30/h8-11H,7,12H2,1-6H3. The number of hydrogen-bond donors (Lipinski definition) is 0. The van der Waals surface area contributed by atoms with Gasteiger partial charge in [-0.3, -0.25) is 13.9 Å². The molecule has 0 bridgehead atoms. The Kier molecular flexibility index (Phi) is 5.80. The molecule has 4 rings (SSSR count). The fourth-order valence-electron chi connectivity index (χ4n) is 3.88. The van der Waals surface area contributed by atoms with E-state index in [1.54, 1.807) is 33.2 Å². The van der Waals surface area contributed by atoms with Crippen LogP contribution in [0.2, 0.25) is 0 Å². The zero-order valence-electron chi connectivity index (χ0n) is 19.6. The normalized spacial score (nSPS) is 11.2. The molecule has 0 saturated heterocycles. The van der Waals surface area contributed by atoms with Crippen LogP contribution in [0, 0.1) is 20.8 Å². The third-order valence-electron chi connectivity index (χ3n) is 5.53. The minimum atomic E-state index is -0.461. The molecule has 9 heteroatoms. The Morgan fingerprint density at radius 3 is 2.52 bits per heavy atom. The van der Waals surface area contributed by atoms with Gasteiger partial charge in [-0.15, -0.1) is 0 Å². The highest BCUT2D eigenvalue weighted by Crippen LogP contribution is 2.33. The number of fused-ring (bicyclic) bond motifs is 1. The molecular weight excluding hydrogens is 424 g/mol. The van der Waals surface area contributed by atoms with Gasteiger partial charge in [-0.2, -0.15) is 0 Å². The molecule has 0 aliphatic heterocycles. The van der Waals surface area contributed by atoms with E-state index in [1.165, 1.54) is 9.13 Å². The van der Waals surface area contributed by atoms with Crippen LogP contribution in [-0.2, 0) is 13.6 Å². The lowest BCUT2D eigenvalue weighted by Gasteiger charge is -2.11. The quantitative estimate of drug-likeness (QED) is 0.445. The first-order chi connectivity index (χ1) is 15.7. The van der Waals surface area contributed by atoms with E-state index in [2.05, 4.69) is 9.97 Å². The second kappa shape index (κ2) is 8.57. The number of methoxy groups -OCH3 is 1. The van der Waals surface area contributed by atoms with E-state index >= 15 is 0 Å². The van der Waals surface area contributed by atoms with E-state index in [4.69, 9.17) is 13.9 Å². The van der Waals surface area contributed by atoms with Crippen molar-refractivity contribution in [3.8, 4) is 23.0 Å². The predicted octanol–water partition coefficient (Wildman–Crippen LogP) is 3.13. The van der Waals surface area contributed by atoms with Gasteiger partial charge in [-0.05, 0) is 57.5 Å². The van der Waals surface area contributed by atoms with Crippen molar-refractivity contribution in [2.24, 2.45) is 7.05 Å². The molecule has 0 radical (unpaired) electrons. The molecule has 0 unspecified atom stereocenters. The Hall–Kier alpha value is -3.88. The minimum Gasteiger partial charge on any atom is -0.493 e. The molecule has 172 valence electrons. The molecule has 3 heterocycles. The van der Waals surface area contributed by atoms with Gasteiger partial charge in [-0.1, -0.05) is 0 Å². The van der Waals surface area contributed by atoms with Crippen molar-refractivity contribution >= 4 is 11.0 Å². The summed E-state index contributed by atoms with van der Waals surface area (Å²) in [6.07, 6.45) is 0. The highest BCUT2D eigenvalue weighted by molar-refractivity contribution is 5.78. The van der Waals surface area contributed by atoms with Crippen LogP contribution < -0.4 is 20.7 Å². The molecule has 0 fully saturated rings. The largest absolute Gasteiger partial charge is 0.493 e. The number of aryl methyl sites for hydroxylation is 4. The molecule has 0 aliphatic rings. The number of benzene rings is 1. The SMILES string of the molecule is CCOc1ccc(-c2nc(Cn3c(=O)c4c(C)cc(C)nc4n(C)c3=O)c(C)o2)cc1OC. The molecule has 0 saturated carbocycles. The summed E-state index contributed by atoms with van der Waals surface area (Å²) in [7, 11) is 3.17. The third-order valence-corrected chi connectivity index (χ3v) is 5.53. The molecule has 0 amide bonds. The van der Waals surface area contributed by atoms with Gasteiger partial charge in [0.05, 0.1) is 25.6 Å². The smallest absolute Gasteiger partial charge is 0.332 e. The summed E-state index contributed by atoms with van der Waals surface area (Å²) in [4.78, 5) is 35.2. The van der Waals surface area contributed by atoms with E-state index < -0.39 is 11.2 Å². The minimum absolute atomic E-state index is 0.0156. The van der Waals surface area contributed by atoms with Crippen molar-refractivity contribution in [2.45, 2.75) is 34.2 Å². The molecular formula is C24H26N4O5. The fraction of sp³-hybridized carbons (Fsp3) is 0.333. The molecule has 33 heavy (non-hydrogen) atoms. The lowest BCUT2D eigenvalue weighted by Crippen LogP contribution is -2.40. The molecule has 0 aliphatic carbocycles. The summed E-state index contributed by atoms with van der Waals surface area (Å²) in [6.45, 7) is 7.82. The van der Waals surface area contributed by atoms with Crippen molar-refractivity contribution in [1.29, 1.82) is 0 Å². The number of oxazole rings is 1. The number of hydrogen-bond acceptors (Lipinski definition) is 7. The summed E-state index contributed by atoms with van der Waals surface area (Å²) in [5.41, 5.74) is 2.22. The number of rotatable bonds is 6. The van der Waals surface area contributed by atoms with E-state index in [9.17, 15) is 9.59 Å². The molecule has 9 nitrogen and oxygen atoms in total. The highest BCUT2D eigenvalue weighted by atomic mass is 16.5. The average molecular weight is 450 g/mol. The van der Waals surface area contributed by atoms with Crippen molar-refractivity contribution in [1.82, 2.24) is 19.1 Å². The summed E-state index contributed by atoms with van der Waals surface area (Å²) in [5, 5.41) is 0.417. The second-order valence-electron chi connectivity index (χ2n) is 7.83. The first kappa shape index (κ1) is 22.3. The van der Waals surface area contributed by atoms with Gasteiger partial charge >= 0.3 is 5.69 Å². The molecule has 1 aromatic carbocycles.